The van der Waals surface area contributed by atoms with Crippen molar-refractivity contribution >= 4 is 11.8 Å². The van der Waals surface area contributed by atoms with E-state index in [1.165, 1.54) is 12.5 Å². The van der Waals surface area contributed by atoms with Crippen molar-refractivity contribution in [1.29, 1.82) is 0 Å². The standard InChI is InChI=1S/C7H9N3O3/c11-2-1-9-6-5(7(12)13)3-8-4-10-6/h3-4,11H,1-2H2,(H,12,13)(H,8,9,10). The van der Waals surface area contributed by atoms with Crippen LogP contribution >= 0.6 is 0 Å². The molecule has 0 spiro atoms. The minimum absolute atomic E-state index is 0.00375. The molecule has 6 heteroatoms. The molecule has 0 radical (unpaired) electrons. The molecule has 1 aromatic rings. The smallest absolute Gasteiger partial charge is 0.341 e. The molecule has 70 valence electrons. The van der Waals surface area contributed by atoms with E-state index in [1.807, 2.05) is 0 Å². The number of nitrogens with one attached hydrogen (secondary N) is 1. The molecule has 3 N–H and O–H groups in total. The first-order valence-electron chi connectivity index (χ1n) is 3.63. The fourth-order valence-electron chi connectivity index (χ4n) is 0.801. The van der Waals surface area contributed by atoms with Gasteiger partial charge in [-0.1, -0.05) is 0 Å². The van der Waals surface area contributed by atoms with Crippen LogP contribution in [-0.4, -0.2) is 39.3 Å². The van der Waals surface area contributed by atoms with Gasteiger partial charge >= 0.3 is 5.97 Å². The summed E-state index contributed by atoms with van der Waals surface area (Å²) in [6.07, 6.45) is 2.45. The van der Waals surface area contributed by atoms with Gasteiger partial charge in [-0.2, -0.15) is 0 Å². The Kier molecular flexibility index (Phi) is 3.15. The van der Waals surface area contributed by atoms with E-state index >= 15 is 0 Å². The fraction of sp³-hybridized carbons (Fsp3) is 0.286. The third kappa shape index (κ3) is 2.38. The third-order valence-corrected chi connectivity index (χ3v) is 1.35. The van der Waals surface area contributed by atoms with Gasteiger partial charge in [-0.05, 0) is 0 Å². The minimum atomic E-state index is -1.10. The summed E-state index contributed by atoms with van der Waals surface area (Å²) in [4.78, 5) is 17.9. The van der Waals surface area contributed by atoms with E-state index < -0.39 is 5.97 Å². The molecule has 0 saturated heterocycles. The van der Waals surface area contributed by atoms with E-state index in [0.29, 0.717) is 0 Å². The third-order valence-electron chi connectivity index (χ3n) is 1.35. The highest BCUT2D eigenvalue weighted by Crippen LogP contribution is 2.08. The monoisotopic (exact) mass is 183 g/mol. The van der Waals surface area contributed by atoms with Gasteiger partial charge in [0, 0.05) is 12.7 Å². The van der Waals surface area contributed by atoms with Crippen molar-refractivity contribution < 1.29 is 15.0 Å². The van der Waals surface area contributed by atoms with Crippen LogP contribution in [0, 0.1) is 0 Å². The van der Waals surface area contributed by atoms with Gasteiger partial charge < -0.3 is 15.5 Å². The zero-order valence-corrected chi connectivity index (χ0v) is 6.77. The first kappa shape index (κ1) is 9.40. The summed E-state index contributed by atoms with van der Waals surface area (Å²) in [5.74, 6) is -0.877. The summed E-state index contributed by atoms with van der Waals surface area (Å²) in [7, 11) is 0. The van der Waals surface area contributed by atoms with Crippen LogP contribution in [0.1, 0.15) is 10.4 Å². The highest BCUT2D eigenvalue weighted by Gasteiger charge is 2.09. The van der Waals surface area contributed by atoms with Crippen LogP contribution in [0.15, 0.2) is 12.5 Å². The lowest BCUT2D eigenvalue weighted by Crippen LogP contribution is -2.11. The maximum atomic E-state index is 10.6. The Hall–Kier alpha value is -1.69. The number of hydrogen-bond acceptors (Lipinski definition) is 5. The average Bonchev–Trinajstić information content (AvgIpc) is 2.15. The molecule has 0 atom stereocenters. The number of carboxylic acids is 1. The molecule has 1 heterocycles. The topological polar surface area (TPSA) is 95.3 Å². The Labute approximate surface area is 74.3 Å². The lowest BCUT2D eigenvalue weighted by Gasteiger charge is -2.04. The van der Waals surface area contributed by atoms with E-state index in [-0.39, 0.29) is 24.5 Å². The second-order valence-electron chi connectivity index (χ2n) is 2.24. The number of nitrogens with zero attached hydrogens (tertiary/aromatic N) is 2. The number of carboxylic acid groups (broad SMARTS) is 1. The van der Waals surface area contributed by atoms with Crippen molar-refractivity contribution in [2.75, 3.05) is 18.5 Å². The van der Waals surface area contributed by atoms with E-state index in [9.17, 15) is 4.79 Å². The molecule has 0 aliphatic carbocycles. The molecule has 6 nitrogen and oxygen atoms in total. The number of aromatic carboxylic acids is 1. The molecule has 0 aliphatic rings. The molecule has 1 aromatic heterocycles. The van der Waals surface area contributed by atoms with Crippen molar-refractivity contribution in [2.45, 2.75) is 0 Å². The molecule has 0 aliphatic heterocycles. The lowest BCUT2D eigenvalue weighted by atomic mass is 10.3. The van der Waals surface area contributed by atoms with Crippen molar-refractivity contribution in [3.05, 3.63) is 18.1 Å². The maximum absolute atomic E-state index is 10.6. The predicted octanol–water partition coefficient (Wildman–Crippen LogP) is -0.421. The van der Waals surface area contributed by atoms with Gasteiger partial charge in [0.15, 0.2) is 0 Å². The predicted molar refractivity (Wildman–Crippen MR) is 44.6 cm³/mol. The molecule has 1 rings (SSSR count). The lowest BCUT2D eigenvalue weighted by molar-refractivity contribution is 0.0697. The first-order chi connectivity index (χ1) is 6.25. The fourth-order valence-corrected chi connectivity index (χ4v) is 0.801. The van der Waals surface area contributed by atoms with Gasteiger partial charge in [-0.25, -0.2) is 14.8 Å². The zero-order valence-electron chi connectivity index (χ0n) is 6.77. The normalized spacial score (nSPS) is 9.62. The van der Waals surface area contributed by atoms with Crippen molar-refractivity contribution in [2.24, 2.45) is 0 Å². The van der Waals surface area contributed by atoms with Crippen molar-refractivity contribution in [3.8, 4) is 0 Å². The van der Waals surface area contributed by atoms with Crippen LogP contribution in [0.2, 0.25) is 0 Å². The molecule has 0 amide bonds. The first-order valence-corrected chi connectivity index (χ1v) is 3.63. The maximum Gasteiger partial charge on any atom is 0.341 e. The van der Waals surface area contributed by atoms with E-state index in [4.69, 9.17) is 10.2 Å². The van der Waals surface area contributed by atoms with Crippen LogP contribution in [0.4, 0.5) is 5.82 Å². The summed E-state index contributed by atoms with van der Waals surface area (Å²) in [6, 6.07) is 0. The Bertz CT molecular complexity index is 303. The highest BCUT2D eigenvalue weighted by atomic mass is 16.4. The summed E-state index contributed by atoms with van der Waals surface area (Å²) in [6.45, 7) is 0.181. The molecule has 0 fully saturated rings. The van der Waals surface area contributed by atoms with Crippen LogP contribution in [0.25, 0.3) is 0 Å². The van der Waals surface area contributed by atoms with Crippen LogP contribution < -0.4 is 5.32 Å². The summed E-state index contributed by atoms with van der Waals surface area (Å²) in [5, 5.41) is 19.8. The van der Waals surface area contributed by atoms with Crippen molar-refractivity contribution in [3.63, 3.8) is 0 Å². The largest absolute Gasteiger partial charge is 0.477 e. The van der Waals surface area contributed by atoms with Gasteiger partial charge in [0.05, 0.1) is 6.61 Å². The van der Waals surface area contributed by atoms with Gasteiger partial charge in [0.25, 0.3) is 0 Å². The molecule has 13 heavy (non-hydrogen) atoms. The Morgan fingerprint density at radius 3 is 3.00 bits per heavy atom. The number of aromatic nitrogens is 2. The number of aliphatic hydroxyl groups excluding tert-OH is 1. The van der Waals surface area contributed by atoms with E-state index in [1.54, 1.807) is 0 Å². The molecule has 0 aromatic carbocycles. The number of rotatable bonds is 4. The zero-order chi connectivity index (χ0) is 9.68. The Balaban J connectivity index is 2.84. The van der Waals surface area contributed by atoms with Crippen molar-refractivity contribution in [1.82, 2.24) is 9.97 Å². The second kappa shape index (κ2) is 4.36. The van der Waals surface area contributed by atoms with Crippen LogP contribution in [0.3, 0.4) is 0 Å². The molecule has 0 bridgehead atoms. The molecule has 0 saturated carbocycles. The Morgan fingerprint density at radius 2 is 2.38 bits per heavy atom. The van der Waals surface area contributed by atoms with Gasteiger partial charge in [0.1, 0.15) is 17.7 Å². The Morgan fingerprint density at radius 1 is 1.62 bits per heavy atom. The SMILES string of the molecule is O=C(O)c1cncnc1NCCO. The van der Waals surface area contributed by atoms with Gasteiger partial charge in [-0.3, -0.25) is 0 Å². The summed E-state index contributed by atoms with van der Waals surface area (Å²) >= 11 is 0. The summed E-state index contributed by atoms with van der Waals surface area (Å²) < 4.78 is 0. The number of anilines is 1. The average molecular weight is 183 g/mol. The van der Waals surface area contributed by atoms with Gasteiger partial charge in [-0.15, -0.1) is 0 Å². The number of carbonyl (C=O) groups is 1. The second-order valence-corrected chi connectivity index (χ2v) is 2.24. The van der Waals surface area contributed by atoms with Gasteiger partial charge in [0.2, 0.25) is 0 Å². The molecular weight excluding hydrogens is 174 g/mol. The summed E-state index contributed by atoms with van der Waals surface area (Å²) in [5.41, 5.74) is -0.00375. The van der Waals surface area contributed by atoms with Crippen LogP contribution in [-0.2, 0) is 0 Å². The van der Waals surface area contributed by atoms with E-state index in [2.05, 4.69) is 15.3 Å². The minimum Gasteiger partial charge on any atom is -0.477 e. The quantitative estimate of drug-likeness (QED) is 0.586. The van der Waals surface area contributed by atoms with E-state index in [0.717, 1.165) is 0 Å². The highest BCUT2D eigenvalue weighted by molar-refractivity contribution is 5.92. The molecular formula is C7H9N3O3. The van der Waals surface area contributed by atoms with Crippen LogP contribution in [0.5, 0.6) is 0 Å². The number of hydrogen-bond donors (Lipinski definition) is 3. The number of aliphatic hydroxyl groups is 1. The molecule has 0 unspecified atom stereocenters.